The maximum atomic E-state index is 14.2. The summed E-state index contributed by atoms with van der Waals surface area (Å²) in [4.78, 5) is 80.6. The van der Waals surface area contributed by atoms with Gasteiger partial charge in [0, 0.05) is 44.2 Å². The standard InChI is InChI=1S/C42H39F3N6O7/c43-42(44,45)30-13-9-26(10-14-30)21-34-39(55)50-33(20-25-5-2-1-3-6-25)40(56)51-35(41(57)58)22-27-11-15-31(16-12-27)47-36(52)17-18-37(53)48-32(38(54)49-34)23-28-7-4-8-29(19-28)24-46/h1-16,19,32-35H,17-18,20-23H2,(H,47,52)(H,48,53)(H,49,54)(H,50,55)(H,51,56)(H,57,58)/t32-,33-,34+,35+/m1/s1. The van der Waals surface area contributed by atoms with E-state index in [1.54, 1.807) is 54.6 Å². The number of nitrogens with zero attached hydrogens (tertiary/aromatic N) is 1. The lowest BCUT2D eigenvalue weighted by atomic mass is 9.99. The van der Waals surface area contributed by atoms with Crippen molar-refractivity contribution in [3.8, 4) is 6.07 Å². The number of nitriles is 1. The molecule has 2 aliphatic rings. The first-order valence-corrected chi connectivity index (χ1v) is 18.2. The van der Waals surface area contributed by atoms with Crippen LogP contribution in [0.3, 0.4) is 0 Å². The zero-order valence-electron chi connectivity index (χ0n) is 30.8. The molecule has 0 fully saturated rings. The van der Waals surface area contributed by atoms with Crippen molar-refractivity contribution in [2.75, 3.05) is 5.32 Å². The van der Waals surface area contributed by atoms with Crippen LogP contribution < -0.4 is 26.6 Å². The van der Waals surface area contributed by atoms with Crippen LogP contribution in [0.4, 0.5) is 18.9 Å². The highest BCUT2D eigenvalue weighted by Gasteiger charge is 2.33. The normalized spacial score (nSPS) is 19.9. The number of nitrogens with one attached hydrogen (secondary N) is 5. The highest BCUT2D eigenvalue weighted by Crippen LogP contribution is 2.29. The summed E-state index contributed by atoms with van der Waals surface area (Å²) in [5, 5.41) is 32.4. The summed E-state index contributed by atoms with van der Waals surface area (Å²) in [6.45, 7) is 0. The molecule has 2 bridgehead atoms. The summed E-state index contributed by atoms with van der Waals surface area (Å²) in [5.41, 5.74) is 1.42. The predicted octanol–water partition coefficient (Wildman–Crippen LogP) is 3.60. The Bertz CT molecular complexity index is 2170. The van der Waals surface area contributed by atoms with Crippen LogP contribution in [0, 0.1) is 11.3 Å². The van der Waals surface area contributed by atoms with Gasteiger partial charge in [-0.2, -0.15) is 18.4 Å². The molecule has 300 valence electrons. The van der Waals surface area contributed by atoms with E-state index in [2.05, 4.69) is 26.6 Å². The van der Waals surface area contributed by atoms with Gasteiger partial charge in [-0.15, -0.1) is 0 Å². The molecular weight excluding hydrogens is 757 g/mol. The maximum absolute atomic E-state index is 14.2. The Morgan fingerprint density at radius 2 is 1.19 bits per heavy atom. The molecule has 6 rings (SSSR count). The highest BCUT2D eigenvalue weighted by molar-refractivity contribution is 5.97. The lowest BCUT2D eigenvalue weighted by Crippen LogP contribution is -2.59. The van der Waals surface area contributed by atoms with Gasteiger partial charge in [-0.3, -0.25) is 24.0 Å². The molecule has 4 atom stereocenters. The largest absolute Gasteiger partial charge is 0.480 e. The molecular formula is C42H39F3N6O7. The number of carbonyl (C=O) groups excluding carboxylic acids is 5. The smallest absolute Gasteiger partial charge is 0.416 e. The van der Waals surface area contributed by atoms with Crippen LogP contribution in [0.1, 0.15) is 46.2 Å². The fourth-order valence-corrected chi connectivity index (χ4v) is 6.24. The molecule has 4 aromatic carbocycles. The van der Waals surface area contributed by atoms with Gasteiger partial charge in [-0.1, -0.05) is 66.7 Å². The molecule has 0 unspecified atom stereocenters. The topological polar surface area (TPSA) is 207 Å². The van der Waals surface area contributed by atoms with E-state index in [1.807, 2.05) is 6.07 Å². The van der Waals surface area contributed by atoms with Gasteiger partial charge < -0.3 is 31.7 Å². The third-order valence-electron chi connectivity index (χ3n) is 9.29. The fraction of sp³-hybridized carbons (Fsp3) is 0.262. The van der Waals surface area contributed by atoms with Crippen LogP contribution in [0.15, 0.2) is 103 Å². The zero-order chi connectivity index (χ0) is 41.8. The average Bonchev–Trinajstić information content (AvgIpc) is 3.19. The minimum atomic E-state index is -4.65. The van der Waals surface area contributed by atoms with Crippen molar-refractivity contribution in [1.82, 2.24) is 21.3 Å². The van der Waals surface area contributed by atoms with Crippen LogP contribution in [0.2, 0.25) is 0 Å². The molecule has 16 heteroatoms. The Labute approximate surface area is 331 Å². The minimum absolute atomic E-state index is 0.117. The number of benzene rings is 4. The number of fused-ring (bicyclic) bond motifs is 18. The molecule has 2 aliphatic heterocycles. The van der Waals surface area contributed by atoms with Crippen LogP contribution >= 0.6 is 0 Å². The van der Waals surface area contributed by atoms with Crippen molar-refractivity contribution < 1.29 is 47.0 Å². The number of carbonyl (C=O) groups is 6. The second-order valence-electron chi connectivity index (χ2n) is 13.7. The van der Waals surface area contributed by atoms with E-state index in [4.69, 9.17) is 0 Å². The number of carboxylic acid groups (broad SMARTS) is 1. The van der Waals surface area contributed by atoms with Gasteiger partial charge in [0.05, 0.1) is 17.2 Å². The van der Waals surface area contributed by atoms with Crippen LogP contribution in [-0.2, 0) is 60.6 Å². The summed E-state index contributed by atoms with van der Waals surface area (Å²) in [5.74, 6) is -5.31. The first-order chi connectivity index (χ1) is 27.7. The van der Waals surface area contributed by atoms with Crippen molar-refractivity contribution >= 4 is 41.2 Å². The average molecular weight is 797 g/mol. The fourth-order valence-electron chi connectivity index (χ4n) is 6.24. The van der Waals surface area contributed by atoms with Gasteiger partial charge in [-0.05, 0) is 58.7 Å². The molecule has 0 aromatic heterocycles. The van der Waals surface area contributed by atoms with E-state index >= 15 is 0 Å². The first-order valence-electron chi connectivity index (χ1n) is 18.2. The highest BCUT2D eigenvalue weighted by atomic mass is 19.4. The van der Waals surface area contributed by atoms with E-state index < -0.39 is 71.4 Å². The number of amides is 5. The Morgan fingerprint density at radius 3 is 1.78 bits per heavy atom. The monoisotopic (exact) mass is 796 g/mol. The third kappa shape index (κ3) is 12.2. The number of aliphatic carboxylic acids is 1. The second kappa shape index (κ2) is 19.2. The molecule has 13 nitrogen and oxygen atoms in total. The van der Waals surface area contributed by atoms with Crippen molar-refractivity contribution in [2.24, 2.45) is 0 Å². The minimum Gasteiger partial charge on any atom is -0.480 e. The number of carboxylic acids is 1. The number of hydrogen-bond donors (Lipinski definition) is 6. The van der Waals surface area contributed by atoms with Gasteiger partial charge in [0.2, 0.25) is 29.5 Å². The van der Waals surface area contributed by atoms with E-state index in [0.717, 1.165) is 24.3 Å². The Hall–Kier alpha value is -7.02. The maximum Gasteiger partial charge on any atom is 0.416 e. The third-order valence-corrected chi connectivity index (χ3v) is 9.29. The number of anilines is 1. The molecule has 58 heavy (non-hydrogen) atoms. The second-order valence-corrected chi connectivity index (χ2v) is 13.7. The van der Waals surface area contributed by atoms with Gasteiger partial charge in [0.15, 0.2) is 0 Å². The van der Waals surface area contributed by atoms with E-state index in [9.17, 15) is 52.3 Å². The van der Waals surface area contributed by atoms with Crippen LogP contribution in [0.25, 0.3) is 0 Å². The van der Waals surface area contributed by atoms with Gasteiger partial charge in [0.1, 0.15) is 24.2 Å². The molecule has 0 saturated carbocycles. The first kappa shape index (κ1) is 42.1. The van der Waals surface area contributed by atoms with Gasteiger partial charge in [-0.25, -0.2) is 4.79 Å². The Balaban J connectivity index is 1.53. The number of alkyl halides is 3. The number of rotatable bonds is 7. The molecule has 4 aromatic rings. The Morgan fingerprint density at radius 1 is 0.655 bits per heavy atom. The van der Waals surface area contributed by atoms with Crippen LogP contribution in [-0.4, -0.2) is 64.8 Å². The van der Waals surface area contributed by atoms with Gasteiger partial charge >= 0.3 is 12.1 Å². The van der Waals surface area contributed by atoms with Crippen molar-refractivity contribution in [1.29, 1.82) is 5.26 Å². The lowest BCUT2D eigenvalue weighted by Gasteiger charge is -2.26. The summed E-state index contributed by atoms with van der Waals surface area (Å²) < 4.78 is 40.2. The van der Waals surface area contributed by atoms with E-state index in [0.29, 0.717) is 22.4 Å². The summed E-state index contributed by atoms with van der Waals surface area (Å²) in [6, 6.07) is 21.0. The molecule has 0 spiro atoms. The molecule has 0 aliphatic carbocycles. The lowest BCUT2D eigenvalue weighted by molar-refractivity contribution is -0.142. The molecule has 6 N–H and O–H groups in total. The number of halogens is 3. The molecule has 0 radical (unpaired) electrons. The molecule has 0 saturated heterocycles. The summed E-state index contributed by atoms with van der Waals surface area (Å²) in [6.07, 6.45) is -6.12. The predicted molar refractivity (Wildman–Crippen MR) is 204 cm³/mol. The zero-order valence-corrected chi connectivity index (χ0v) is 30.8. The summed E-state index contributed by atoms with van der Waals surface area (Å²) >= 11 is 0. The Kier molecular flexibility index (Phi) is 14.0. The van der Waals surface area contributed by atoms with E-state index in [1.165, 1.54) is 24.3 Å². The number of hydrogen-bond acceptors (Lipinski definition) is 7. The SMILES string of the molecule is N#Cc1cccc(C[C@H]2NC(=O)CCC(=O)Nc3ccc(cc3)C[C@@H](C(=O)O)NC(=O)[C@@H](Cc3ccccc3)NC(=O)[C@H](Cc3ccc(C(F)(F)F)cc3)NC2=O)c1. The van der Waals surface area contributed by atoms with E-state index in [-0.39, 0.29) is 49.7 Å². The van der Waals surface area contributed by atoms with Crippen molar-refractivity contribution in [3.05, 3.63) is 137 Å². The van der Waals surface area contributed by atoms with Crippen LogP contribution in [0.5, 0.6) is 0 Å². The van der Waals surface area contributed by atoms with Crippen molar-refractivity contribution in [2.45, 2.75) is 68.9 Å². The van der Waals surface area contributed by atoms with Crippen molar-refractivity contribution in [3.63, 3.8) is 0 Å². The van der Waals surface area contributed by atoms with Gasteiger partial charge in [0.25, 0.3) is 0 Å². The summed E-state index contributed by atoms with van der Waals surface area (Å²) in [7, 11) is 0. The molecule has 5 amide bonds. The quantitative estimate of drug-likeness (QED) is 0.152. The molecule has 2 heterocycles.